The number of hydrogen-bond acceptors (Lipinski definition) is 3. The lowest BCUT2D eigenvalue weighted by Gasteiger charge is -2.10. The molecule has 4 nitrogen and oxygen atoms in total. The fraction of sp³-hybridized carbons (Fsp3) is 0.381. The third-order valence-electron chi connectivity index (χ3n) is 3.80. The van der Waals surface area contributed by atoms with Gasteiger partial charge in [-0.15, -0.1) is 0 Å². The van der Waals surface area contributed by atoms with E-state index in [0.29, 0.717) is 19.4 Å². The van der Waals surface area contributed by atoms with Crippen LogP contribution in [-0.4, -0.2) is 19.1 Å². The summed E-state index contributed by atoms with van der Waals surface area (Å²) in [6.07, 6.45) is 3.22. The molecule has 0 unspecified atom stereocenters. The van der Waals surface area contributed by atoms with Crippen molar-refractivity contribution >= 4 is 27.5 Å². The van der Waals surface area contributed by atoms with E-state index in [2.05, 4.69) is 28.2 Å². The van der Waals surface area contributed by atoms with Gasteiger partial charge in [0.2, 0.25) is 5.91 Å². The maximum absolute atomic E-state index is 12.0. The van der Waals surface area contributed by atoms with Gasteiger partial charge in [0.15, 0.2) is 0 Å². The van der Waals surface area contributed by atoms with E-state index in [1.54, 1.807) is 0 Å². The van der Waals surface area contributed by atoms with E-state index in [0.717, 1.165) is 41.1 Å². The van der Waals surface area contributed by atoms with Crippen molar-refractivity contribution in [3.05, 3.63) is 52.5 Å². The molecule has 2 aromatic rings. The molecule has 0 aliphatic carbocycles. The molecule has 140 valence electrons. The van der Waals surface area contributed by atoms with Crippen molar-refractivity contribution in [3.8, 4) is 11.5 Å². The Kier molecular flexibility index (Phi) is 8.48. The van der Waals surface area contributed by atoms with Gasteiger partial charge >= 0.3 is 0 Å². The van der Waals surface area contributed by atoms with Crippen LogP contribution in [0.15, 0.2) is 46.9 Å². The Morgan fingerprint density at radius 2 is 1.77 bits per heavy atom. The van der Waals surface area contributed by atoms with Crippen LogP contribution in [0.1, 0.15) is 38.2 Å². The molecule has 1 N–H and O–H groups in total. The van der Waals surface area contributed by atoms with Gasteiger partial charge in [0, 0.05) is 12.1 Å². The maximum Gasteiger partial charge on any atom is 0.224 e. The van der Waals surface area contributed by atoms with Crippen LogP contribution in [0.3, 0.4) is 0 Å². The van der Waals surface area contributed by atoms with Crippen LogP contribution < -0.4 is 14.8 Å². The summed E-state index contributed by atoms with van der Waals surface area (Å²) in [6.45, 7) is 5.38. The Hall–Kier alpha value is -2.01. The maximum atomic E-state index is 12.0. The Labute approximate surface area is 164 Å². The van der Waals surface area contributed by atoms with E-state index >= 15 is 0 Å². The van der Waals surface area contributed by atoms with E-state index in [9.17, 15) is 4.79 Å². The van der Waals surface area contributed by atoms with Gasteiger partial charge in [0.25, 0.3) is 0 Å². The SMILES string of the molecule is CCCCOc1ccc(NC(=O)CCCOc2ccc(C)cc2Br)cc1. The van der Waals surface area contributed by atoms with Gasteiger partial charge in [-0.3, -0.25) is 4.79 Å². The normalized spacial score (nSPS) is 10.4. The van der Waals surface area contributed by atoms with Crippen molar-refractivity contribution in [1.29, 1.82) is 0 Å². The van der Waals surface area contributed by atoms with Crippen molar-refractivity contribution in [2.24, 2.45) is 0 Å². The van der Waals surface area contributed by atoms with Crippen LogP contribution >= 0.6 is 15.9 Å². The molecule has 0 bridgehead atoms. The molecule has 0 aromatic heterocycles. The third-order valence-corrected chi connectivity index (χ3v) is 4.42. The number of aryl methyl sites for hydroxylation is 1. The molecule has 0 saturated heterocycles. The largest absolute Gasteiger partial charge is 0.494 e. The summed E-state index contributed by atoms with van der Waals surface area (Å²) >= 11 is 3.48. The number of amides is 1. The van der Waals surface area contributed by atoms with Crippen LogP contribution in [0, 0.1) is 6.92 Å². The number of unbranched alkanes of at least 4 members (excludes halogenated alkanes) is 1. The van der Waals surface area contributed by atoms with Gasteiger partial charge in [0.05, 0.1) is 17.7 Å². The standard InChI is InChI=1S/C21H26BrNO3/c1-3-4-13-25-18-10-8-17(9-11-18)23-21(24)6-5-14-26-20-12-7-16(2)15-19(20)22/h7-12,15H,3-6,13-14H2,1-2H3,(H,23,24). The molecule has 0 spiro atoms. The first-order valence-corrected chi connectivity index (χ1v) is 9.79. The highest BCUT2D eigenvalue weighted by molar-refractivity contribution is 9.10. The highest BCUT2D eigenvalue weighted by Gasteiger charge is 2.05. The summed E-state index contributed by atoms with van der Waals surface area (Å²) in [7, 11) is 0. The first-order valence-electron chi connectivity index (χ1n) is 9.00. The van der Waals surface area contributed by atoms with E-state index in [1.165, 1.54) is 5.56 Å². The van der Waals surface area contributed by atoms with Crippen molar-refractivity contribution in [1.82, 2.24) is 0 Å². The molecule has 2 aromatic carbocycles. The Morgan fingerprint density at radius 3 is 2.46 bits per heavy atom. The minimum Gasteiger partial charge on any atom is -0.494 e. The molecule has 0 radical (unpaired) electrons. The van der Waals surface area contributed by atoms with Crippen molar-refractivity contribution in [2.75, 3.05) is 18.5 Å². The first kappa shape index (κ1) is 20.3. The Balaban J connectivity index is 1.68. The topological polar surface area (TPSA) is 47.6 Å². The number of ether oxygens (including phenoxy) is 2. The van der Waals surface area contributed by atoms with Crippen LogP contribution in [0.25, 0.3) is 0 Å². The Morgan fingerprint density at radius 1 is 1.04 bits per heavy atom. The van der Waals surface area contributed by atoms with E-state index in [-0.39, 0.29) is 5.91 Å². The van der Waals surface area contributed by atoms with Crippen molar-refractivity contribution < 1.29 is 14.3 Å². The van der Waals surface area contributed by atoms with Crippen LogP contribution in [0.2, 0.25) is 0 Å². The van der Waals surface area contributed by atoms with Crippen LogP contribution in [0.5, 0.6) is 11.5 Å². The molecule has 5 heteroatoms. The molecular formula is C21H26BrNO3. The van der Waals surface area contributed by atoms with Gasteiger partial charge in [-0.1, -0.05) is 19.4 Å². The zero-order chi connectivity index (χ0) is 18.8. The number of benzene rings is 2. The lowest BCUT2D eigenvalue weighted by Crippen LogP contribution is -2.12. The lowest BCUT2D eigenvalue weighted by molar-refractivity contribution is -0.116. The first-order chi connectivity index (χ1) is 12.6. The number of hydrogen-bond donors (Lipinski definition) is 1. The summed E-state index contributed by atoms with van der Waals surface area (Å²) in [6, 6.07) is 13.4. The summed E-state index contributed by atoms with van der Waals surface area (Å²) < 4.78 is 12.3. The predicted octanol–water partition coefficient (Wildman–Crippen LogP) is 5.73. The van der Waals surface area contributed by atoms with E-state index in [1.807, 2.05) is 49.4 Å². The van der Waals surface area contributed by atoms with E-state index in [4.69, 9.17) is 9.47 Å². The molecule has 0 aliphatic rings. The number of rotatable bonds is 10. The second-order valence-corrected chi connectivity index (χ2v) is 7.01. The smallest absolute Gasteiger partial charge is 0.224 e. The number of anilines is 1. The third kappa shape index (κ3) is 7.08. The summed E-state index contributed by atoms with van der Waals surface area (Å²) in [4.78, 5) is 12.0. The zero-order valence-corrected chi connectivity index (χ0v) is 17.0. The molecule has 1 amide bonds. The monoisotopic (exact) mass is 419 g/mol. The Bertz CT molecular complexity index is 701. The second kappa shape index (κ2) is 10.9. The highest BCUT2D eigenvalue weighted by atomic mass is 79.9. The average Bonchev–Trinajstić information content (AvgIpc) is 2.62. The van der Waals surface area contributed by atoms with Gasteiger partial charge in [0.1, 0.15) is 11.5 Å². The summed E-state index contributed by atoms with van der Waals surface area (Å²) in [5, 5.41) is 2.89. The number of nitrogens with one attached hydrogen (secondary N) is 1. The average molecular weight is 420 g/mol. The molecule has 0 fully saturated rings. The van der Waals surface area contributed by atoms with Gasteiger partial charge in [-0.05, 0) is 77.7 Å². The lowest BCUT2D eigenvalue weighted by atomic mass is 10.2. The van der Waals surface area contributed by atoms with Gasteiger partial charge in [-0.2, -0.15) is 0 Å². The molecule has 2 rings (SSSR count). The van der Waals surface area contributed by atoms with E-state index < -0.39 is 0 Å². The van der Waals surface area contributed by atoms with Crippen LogP contribution in [-0.2, 0) is 4.79 Å². The molecule has 26 heavy (non-hydrogen) atoms. The second-order valence-electron chi connectivity index (χ2n) is 6.16. The minimum absolute atomic E-state index is 0.0174. The zero-order valence-electron chi connectivity index (χ0n) is 15.4. The minimum atomic E-state index is -0.0174. The predicted molar refractivity (Wildman–Crippen MR) is 109 cm³/mol. The highest BCUT2D eigenvalue weighted by Crippen LogP contribution is 2.25. The van der Waals surface area contributed by atoms with Gasteiger partial charge < -0.3 is 14.8 Å². The fourth-order valence-electron chi connectivity index (χ4n) is 2.33. The number of carbonyl (C=O) groups excluding carboxylic acids is 1. The molecule has 0 saturated carbocycles. The summed E-state index contributed by atoms with van der Waals surface area (Å²) in [5.74, 6) is 1.61. The molecule has 0 atom stereocenters. The number of halogens is 1. The molecular weight excluding hydrogens is 394 g/mol. The quantitative estimate of drug-likeness (QED) is 0.499. The molecule has 0 heterocycles. The van der Waals surface area contributed by atoms with Crippen molar-refractivity contribution in [2.45, 2.75) is 39.5 Å². The number of carbonyl (C=O) groups is 1. The summed E-state index contributed by atoms with van der Waals surface area (Å²) in [5.41, 5.74) is 1.95. The van der Waals surface area contributed by atoms with Crippen molar-refractivity contribution in [3.63, 3.8) is 0 Å². The van der Waals surface area contributed by atoms with Crippen LogP contribution in [0.4, 0.5) is 5.69 Å². The molecule has 0 aliphatic heterocycles. The van der Waals surface area contributed by atoms with Gasteiger partial charge in [-0.25, -0.2) is 0 Å². The fourth-order valence-corrected chi connectivity index (χ4v) is 2.94.